The lowest BCUT2D eigenvalue weighted by Crippen LogP contribution is -1.99. The maximum atomic E-state index is 9.98. The molecule has 0 aliphatic heterocycles. The highest BCUT2D eigenvalue weighted by Crippen LogP contribution is 2.41. The number of hydrogen-bond donors (Lipinski definition) is 0. The van der Waals surface area contributed by atoms with Gasteiger partial charge in [0.25, 0.3) is 0 Å². The molecule has 0 bridgehead atoms. The lowest BCUT2D eigenvalue weighted by atomic mass is 9.98. The van der Waals surface area contributed by atoms with E-state index in [0.29, 0.717) is 11.4 Å². The largest absolute Gasteiger partial charge is 0.438 e. The molecule has 0 atom stereocenters. The van der Waals surface area contributed by atoms with Crippen molar-refractivity contribution in [2.75, 3.05) is 0 Å². The van der Waals surface area contributed by atoms with E-state index in [1.165, 1.54) is 0 Å². The second-order valence-corrected chi connectivity index (χ2v) is 6.28. The summed E-state index contributed by atoms with van der Waals surface area (Å²) >= 11 is 0. The summed E-state index contributed by atoms with van der Waals surface area (Å²) in [6.45, 7) is 4.03. The molecule has 2 aromatic heterocycles. The summed E-state index contributed by atoms with van der Waals surface area (Å²) in [5, 5.41) is 9.98. The third kappa shape index (κ3) is 2.53. The first kappa shape index (κ1) is 16.0. The second kappa shape index (κ2) is 6.42. The molecule has 0 N–H and O–H groups in total. The molecule has 0 radical (unpaired) electrons. The maximum absolute atomic E-state index is 9.98. The van der Waals surface area contributed by atoms with Crippen LogP contribution in [0.5, 0.6) is 0 Å². The lowest BCUT2D eigenvalue weighted by Gasteiger charge is -2.06. The zero-order valence-corrected chi connectivity index (χ0v) is 14.7. The average molecular weight is 338 g/mol. The number of aryl methyl sites for hydroxylation is 2. The van der Waals surface area contributed by atoms with E-state index in [0.717, 1.165) is 33.8 Å². The molecule has 0 aliphatic rings. The highest BCUT2D eigenvalue weighted by molar-refractivity contribution is 5.86. The minimum atomic E-state index is 0.553. The third-order valence-electron chi connectivity index (χ3n) is 4.57. The minimum absolute atomic E-state index is 0.553. The molecular weight excluding hydrogens is 320 g/mol. The summed E-state index contributed by atoms with van der Waals surface area (Å²) in [6, 6.07) is 26.3. The molecular formula is C23H18N2O. The fraction of sp³-hybridized carbons (Fsp3) is 0.0870. The molecule has 0 unspecified atom stereocenters. The molecule has 4 rings (SSSR count). The number of benzene rings is 2. The van der Waals surface area contributed by atoms with Crippen molar-refractivity contribution in [2.24, 2.45) is 0 Å². The van der Waals surface area contributed by atoms with Crippen LogP contribution in [0.3, 0.4) is 0 Å². The number of furan rings is 1. The number of aromatic nitrogens is 1. The van der Waals surface area contributed by atoms with Crippen LogP contribution in [0.25, 0.3) is 28.3 Å². The third-order valence-corrected chi connectivity index (χ3v) is 4.57. The van der Waals surface area contributed by atoms with E-state index in [-0.39, 0.29) is 0 Å². The fourth-order valence-electron chi connectivity index (χ4n) is 3.34. The van der Waals surface area contributed by atoms with Crippen LogP contribution < -0.4 is 0 Å². The maximum Gasteiger partial charge on any atom is 0.223 e. The van der Waals surface area contributed by atoms with E-state index in [9.17, 15) is 5.26 Å². The Balaban J connectivity index is 2.08. The SMILES string of the molecule is Cc1ccc(C)n1-c1oc(-c2ccccc2)c(-c2ccccc2)c1C#N. The highest BCUT2D eigenvalue weighted by atomic mass is 16.4. The molecule has 26 heavy (non-hydrogen) atoms. The molecule has 0 spiro atoms. The Morgan fingerprint density at radius 3 is 1.85 bits per heavy atom. The molecule has 4 aromatic rings. The van der Waals surface area contributed by atoms with Crippen molar-refractivity contribution in [3.05, 3.63) is 89.7 Å². The van der Waals surface area contributed by atoms with Gasteiger partial charge in [0.2, 0.25) is 5.88 Å². The zero-order chi connectivity index (χ0) is 18.1. The Kier molecular flexibility index (Phi) is 3.95. The molecule has 0 amide bonds. The lowest BCUT2D eigenvalue weighted by molar-refractivity contribution is 0.545. The second-order valence-electron chi connectivity index (χ2n) is 6.28. The average Bonchev–Trinajstić information content (AvgIpc) is 3.22. The van der Waals surface area contributed by atoms with Crippen molar-refractivity contribution in [1.82, 2.24) is 4.57 Å². The standard InChI is InChI=1S/C23H18N2O/c1-16-13-14-17(2)25(16)23-20(15-24)21(18-9-5-3-6-10-18)22(26-23)19-11-7-4-8-12-19/h3-14H,1-2H3. The van der Waals surface area contributed by atoms with Crippen LogP contribution in [0.2, 0.25) is 0 Å². The molecule has 3 nitrogen and oxygen atoms in total. The summed E-state index contributed by atoms with van der Waals surface area (Å²) in [6.07, 6.45) is 0. The highest BCUT2D eigenvalue weighted by Gasteiger charge is 2.25. The van der Waals surface area contributed by atoms with Crippen molar-refractivity contribution < 1.29 is 4.42 Å². The molecule has 0 saturated heterocycles. The van der Waals surface area contributed by atoms with Gasteiger partial charge in [-0.1, -0.05) is 60.7 Å². The van der Waals surface area contributed by atoms with Gasteiger partial charge in [0.1, 0.15) is 17.4 Å². The molecule has 0 fully saturated rings. The van der Waals surface area contributed by atoms with Gasteiger partial charge in [-0.15, -0.1) is 0 Å². The Morgan fingerprint density at radius 1 is 0.769 bits per heavy atom. The van der Waals surface area contributed by atoms with Gasteiger partial charge >= 0.3 is 0 Å². The van der Waals surface area contributed by atoms with Crippen molar-refractivity contribution in [3.8, 4) is 34.4 Å². The van der Waals surface area contributed by atoms with Gasteiger partial charge in [-0.25, -0.2) is 0 Å². The molecule has 0 saturated carbocycles. The van der Waals surface area contributed by atoms with Crippen LogP contribution in [0.4, 0.5) is 0 Å². The first-order valence-corrected chi connectivity index (χ1v) is 8.53. The quantitative estimate of drug-likeness (QED) is 0.467. The summed E-state index contributed by atoms with van der Waals surface area (Å²) in [5.41, 5.74) is 5.38. The van der Waals surface area contributed by atoms with E-state index in [1.807, 2.05) is 91.2 Å². The smallest absolute Gasteiger partial charge is 0.223 e. The Labute approximate surface area is 152 Å². The van der Waals surface area contributed by atoms with Crippen LogP contribution >= 0.6 is 0 Å². The predicted octanol–water partition coefficient (Wildman–Crippen LogP) is 5.89. The van der Waals surface area contributed by atoms with Crippen molar-refractivity contribution >= 4 is 0 Å². The van der Waals surface area contributed by atoms with Gasteiger partial charge in [-0.05, 0) is 31.5 Å². The number of rotatable bonds is 3. The Morgan fingerprint density at radius 2 is 1.31 bits per heavy atom. The van der Waals surface area contributed by atoms with Crippen molar-refractivity contribution in [1.29, 1.82) is 5.26 Å². The van der Waals surface area contributed by atoms with Gasteiger partial charge < -0.3 is 4.42 Å². The van der Waals surface area contributed by atoms with Crippen molar-refractivity contribution in [3.63, 3.8) is 0 Å². The number of nitrogens with zero attached hydrogens (tertiary/aromatic N) is 2. The first-order valence-electron chi connectivity index (χ1n) is 8.53. The van der Waals surface area contributed by atoms with Crippen LogP contribution in [0, 0.1) is 25.2 Å². The van der Waals surface area contributed by atoms with Gasteiger partial charge in [0.05, 0.1) is 0 Å². The van der Waals surface area contributed by atoms with E-state index in [2.05, 4.69) is 6.07 Å². The van der Waals surface area contributed by atoms with Crippen LogP contribution in [-0.2, 0) is 0 Å². The topological polar surface area (TPSA) is 41.9 Å². The van der Waals surface area contributed by atoms with Gasteiger partial charge in [0, 0.05) is 22.5 Å². The summed E-state index contributed by atoms with van der Waals surface area (Å²) in [4.78, 5) is 0. The summed E-state index contributed by atoms with van der Waals surface area (Å²) in [5.74, 6) is 1.29. The fourth-order valence-corrected chi connectivity index (χ4v) is 3.34. The van der Waals surface area contributed by atoms with Gasteiger partial charge in [-0.3, -0.25) is 4.57 Å². The van der Waals surface area contributed by atoms with Crippen LogP contribution in [0.1, 0.15) is 17.0 Å². The molecule has 126 valence electrons. The van der Waals surface area contributed by atoms with E-state index in [4.69, 9.17) is 4.42 Å². The minimum Gasteiger partial charge on any atom is -0.438 e. The molecule has 3 heteroatoms. The van der Waals surface area contributed by atoms with Gasteiger partial charge in [-0.2, -0.15) is 5.26 Å². The Bertz CT molecular complexity index is 1080. The predicted molar refractivity (Wildman–Crippen MR) is 103 cm³/mol. The molecule has 0 aliphatic carbocycles. The first-order chi connectivity index (χ1) is 12.7. The van der Waals surface area contributed by atoms with Crippen molar-refractivity contribution in [2.45, 2.75) is 13.8 Å². The Hall–Kier alpha value is -3.51. The van der Waals surface area contributed by atoms with Crippen LogP contribution in [-0.4, -0.2) is 4.57 Å². The van der Waals surface area contributed by atoms with E-state index < -0.39 is 0 Å². The normalized spacial score (nSPS) is 10.7. The van der Waals surface area contributed by atoms with Crippen LogP contribution in [0.15, 0.2) is 77.2 Å². The summed E-state index contributed by atoms with van der Waals surface area (Å²) < 4.78 is 8.32. The monoisotopic (exact) mass is 338 g/mol. The number of hydrogen-bond acceptors (Lipinski definition) is 2. The van der Waals surface area contributed by atoms with E-state index >= 15 is 0 Å². The molecule has 2 heterocycles. The zero-order valence-electron chi connectivity index (χ0n) is 14.7. The van der Waals surface area contributed by atoms with Gasteiger partial charge in [0.15, 0.2) is 0 Å². The van der Waals surface area contributed by atoms with E-state index in [1.54, 1.807) is 0 Å². The summed E-state index contributed by atoms with van der Waals surface area (Å²) in [7, 11) is 0. The molecule has 2 aromatic carbocycles. The number of nitriles is 1.